The van der Waals surface area contributed by atoms with Gasteiger partial charge in [0.1, 0.15) is 5.76 Å². The molecule has 0 spiro atoms. The van der Waals surface area contributed by atoms with Crippen LogP contribution in [0.15, 0.2) is 21.2 Å². The van der Waals surface area contributed by atoms with Crippen molar-refractivity contribution in [3.05, 3.63) is 22.6 Å². The summed E-state index contributed by atoms with van der Waals surface area (Å²) in [5.74, 6) is 0.869. The van der Waals surface area contributed by atoms with E-state index in [1.54, 1.807) is 0 Å². The van der Waals surface area contributed by atoms with Gasteiger partial charge in [0.15, 0.2) is 4.67 Å². The van der Waals surface area contributed by atoms with E-state index in [-0.39, 0.29) is 5.60 Å². The Hall–Kier alpha value is -0.360. The molecule has 0 amide bonds. The van der Waals surface area contributed by atoms with E-state index in [1.807, 2.05) is 44.9 Å². The standard InChI is InChI=1S/C13H22BrNO3/c1-13(2,3)17-9-10(16)7-15(4)8-11-5-6-12(14)18-11/h5-6,10,16H,7-9H2,1-4H3. The van der Waals surface area contributed by atoms with Gasteiger partial charge in [-0.05, 0) is 55.9 Å². The molecule has 1 N–H and O–H groups in total. The van der Waals surface area contributed by atoms with Crippen molar-refractivity contribution >= 4 is 15.9 Å². The number of hydrogen-bond donors (Lipinski definition) is 1. The fourth-order valence-electron chi connectivity index (χ4n) is 1.53. The second kappa shape index (κ2) is 6.70. The van der Waals surface area contributed by atoms with Crippen LogP contribution in [0.5, 0.6) is 0 Å². The van der Waals surface area contributed by atoms with E-state index in [2.05, 4.69) is 15.9 Å². The molecular weight excluding hydrogens is 298 g/mol. The van der Waals surface area contributed by atoms with Gasteiger partial charge in [0.05, 0.1) is 24.9 Å². The Labute approximate surface area is 117 Å². The molecule has 0 aromatic carbocycles. The van der Waals surface area contributed by atoms with Gasteiger partial charge >= 0.3 is 0 Å². The second-order valence-electron chi connectivity index (χ2n) is 5.48. The van der Waals surface area contributed by atoms with Gasteiger partial charge in [-0.15, -0.1) is 0 Å². The lowest BCUT2D eigenvalue weighted by atomic mass is 10.2. The lowest BCUT2D eigenvalue weighted by Crippen LogP contribution is -2.34. The van der Waals surface area contributed by atoms with E-state index in [1.165, 1.54) is 0 Å². The van der Waals surface area contributed by atoms with Crippen molar-refractivity contribution in [2.24, 2.45) is 0 Å². The molecule has 1 aromatic rings. The van der Waals surface area contributed by atoms with Crippen LogP contribution in [0.2, 0.25) is 0 Å². The molecule has 18 heavy (non-hydrogen) atoms. The molecule has 0 aliphatic carbocycles. The molecule has 0 fully saturated rings. The van der Waals surface area contributed by atoms with Crippen molar-refractivity contribution in [1.82, 2.24) is 4.90 Å². The molecule has 0 aliphatic rings. The summed E-state index contributed by atoms with van der Waals surface area (Å²) in [7, 11) is 1.94. The summed E-state index contributed by atoms with van der Waals surface area (Å²) in [4.78, 5) is 2.00. The molecular formula is C13H22BrNO3. The van der Waals surface area contributed by atoms with Crippen LogP contribution in [0.25, 0.3) is 0 Å². The average Bonchev–Trinajstić information content (AvgIpc) is 2.59. The van der Waals surface area contributed by atoms with Crippen LogP contribution in [-0.2, 0) is 11.3 Å². The zero-order valence-electron chi connectivity index (χ0n) is 11.4. The predicted molar refractivity (Wildman–Crippen MR) is 74.5 cm³/mol. The summed E-state index contributed by atoms with van der Waals surface area (Å²) in [6.45, 7) is 7.49. The maximum atomic E-state index is 9.86. The molecule has 0 saturated carbocycles. The third-order valence-corrected chi connectivity index (χ3v) is 2.71. The number of aliphatic hydroxyl groups is 1. The van der Waals surface area contributed by atoms with Crippen LogP contribution in [0.4, 0.5) is 0 Å². The summed E-state index contributed by atoms with van der Waals surface area (Å²) < 4.78 is 11.7. The van der Waals surface area contributed by atoms with E-state index in [0.717, 1.165) is 10.4 Å². The Kier molecular flexibility index (Phi) is 5.85. The lowest BCUT2D eigenvalue weighted by Gasteiger charge is -2.24. The minimum absolute atomic E-state index is 0.217. The van der Waals surface area contributed by atoms with E-state index >= 15 is 0 Å². The number of ether oxygens (including phenoxy) is 1. The van der Waals surface area contributed by atoms with Crippen molar-refractivity contribution in [3.63, 3.8) is 0 Å². The lowest BCUT2D eigenvalue weighted by molar-refractivity contribution is -0.0553. The third-order valence-electron chi connectivity index (χ3n) is 2.29. The number of halogens is 1. The first kappa shape index (κ1) is 15.7. The van der Waals surface area contributed by atoms with Gasteiger partial charge in [0.25, 0.3) is 0 Å². The number of nitrogens with zero attached hydrogens (tertiary/aromatic N) is 1. The summed E-state index contributed by atoms with van der Waals surface area (Å²) in [5, 5.41) is 9.86. The topological polar surface area (TPSA) is 45.8 Å². The highest BCUT2D eigenvalue weighted by Crippen LogP contribution is 2.15. The number of furan rings is 1. The monoisotopic (exact) mass is 319 g/mol. The van der Waals surface area contributed by atoms with Crippen LogP contribution >= 0.6 is 15.9 Å². The molecule has 1 aromatic heterocycles. The van der Waals surface area contributed by atoms with Gasteiger partial charge in [0.2, 0.25) is 0 Å². The van der Waals surface area contributed by atoms with E-state index in [9.17, 15) is 5.11 Å². The van der Waals surface area contributed by atoms with Crippen molar-refractivity contribution in [3.8, 4) is 0 Å². The highest BCUT2D eigenvalue weighted by atomic mass is 79.9. The van der Waals surface area contributed by atoms with Crippen molar-refractivity contribution < 1.29 is 14.3 Å². The number of aliphatic hydroxyl groups excluding tert-OH is 1. The SMILES string of the molecule is CN(Cc1ccc(Br)o1)CC(O)COC(C)(C)C. The first-order valence-electron chi connectivity index (χ1n) is 6.01. The molecule has 0 aliphatic heterocycles. The number of likely N-dealkylation sites (N-methyl/N-ethyl adjacent to an activating group) is 1. The minimum Gasteiger partial charge on any atom is -0.453 e. The van der Waals surface area contributed by atoms with Gasteiger partial charge in [-0.1, -0.05) is 0 Å². The fourth-order valence-corrected chi connectivity index (χ4v) is 1.87. The van der Waals surface area contributed by atoms with E-state index in [4.69, 9.17) is 9.15 Å². The Morgan fingerprint density at radius 3 is 2.61 bits per heavy atom. The van der Waals surface area contributed by atoms with E-state index < -0.39 is 6.10 Å². The molecule has 0 bridgehead atoms. The van der Waals surface area contributed by atoms with E-state index in [0.29, 0.717) is 19.7 Å². The van der Waals surface area contributed by atoms with Crippen LogP contribution in [0, 0.1) is 0 Å². The Morgan fingerprint density at radius 1 is 1.44 bits per heavy atom. The van der Waals surface area contributed by atoms with Crippen LogP contribution in [-0.4, -0.2) is 41.9 Å². The summed E-state index contributed by atoms with van der Waals surface area (Å²) in [6, 6.07) is 3.78. The molecule has 1 unspecified atom stereocenters. The normalized spacial score (nSPS) is 14.2. The van der Waals surface area contributed by atoms with Crippen LogP contribution in [0.1, 0.15) is 26.5 Å². The van der Waals surface area contributed by atoms with Crippen LogP contribution < -0.4 is 0 Å². The van der Waals surface area contributed by atoms with Crippen molar-refractivity contribution in [2.45, 2.75) is 39.0 Å². The molecule has 4 nitrogen and oxygen atoms in total. The quantitative estimate of drug-likeness (QED) is 0.875. The first-order valence-corrected chi connectivity index (χ1v) is 6.80. The largest absolute Gasteiger partial charge is 0.453 e. The first-order chi connectivity index (χ1) is 8.26. The number of rotatable bonds is 6. The average molecular weight is 320 g/mol. The molecule has 1 atom stereocenters. The third kappa shape index (κ3) is 6.54. The summed E-state index contributed by atoms with van der Waals surface area (Å²) in [5.41, 5.74) is -0.217. The second-order valence-corrected chi connectivity index (χ2v) is 6.26. The highest BCUT2D eigenvalue weighted by molar-refractivity contribution is 9.10. The Bertz CT molecular complexity index is 359. The predicted octanol–water partition coefficient (Wildman–Crippen LogP) is 2.65. The molecule has 0 saturated heterocycles. The minimum atomic E-state index is -0.493. The highest BCUT2D eigenvalue weighted by Gasteiger charge is 2.15. The van der Waals surface area contributed by atoms with Crippen molar-refractivity contribution in [1.29, 1.82) is 0 Å². The molecule has 1 rings (SSSR count). The maximum Gasteiger partial charge on any atom is 0.169 e. The molecule has 5 heteroatoms. The maximum absolute atomic E-state index is 9.86. The fraction of sp³-hybridized carbons (Fsp3) is 0.692. The van der Waals surface area contributed by atoms with Gasteiger partial charge < -0.3 is 14.3 Å². The zero-order chi connectivity index (χ0) is 13.8. The molecule has 104 valence electrons. The molecule has 0 radical (unpaired) electrons. The van der Waals surface area contributed by atoms with Crippen molar-refractivity contribution in [2.75, 3.05) is 20.2 Å². The summed E-state index contributed by atoms with van der Waals surface area (Å²) in [6.07, 6.45) is -0.493. The van der Waals surface area contributed by atoms with Gasteiger partial charge in [-0.25, -0.2) is 0 Å². The van der Waals surface area contributed by atoms with Gasteiger partial charge in [0, 0.05) is 6.54 Å². The Balaban J connectivity index is 2.29. The summed E-state index contributed by atoms with van der Waals surface area (Å²) >= 11 is 3.27. The van der Waals surface area contributed by atoms with Gasteiger partial charge in [-0.3, -0.25) is 4.90 Å². The van der Waals surface area contributed by atoms with Crippen LogP contribution in [0.3, 0.4) is 0 Å². The smallest absolute Gasteiger partial charge is 0.169 e. The zero-order valence-corrected chi connectivity index (χ0v) is 13.0. The molecule has 1 heterocycles. The van der Waals surface area contributed by atoms with Gasteiger partial charge in [-0.2, -0.15) is 0 Å². The number of hydrogen-bond acceptors (Lipinski definition) is 4. The Morgan fingerprint density at radius 2 is 2.11 bits per heavy atom.